The van der Waals surface area contributed by atoms with Gasteiger partial charge in [-0.2, -0.15) is 0 Å². The summed E-state index contributed by atoms with van der Waals surface area (Å²) in [5, 5.41) is 10.9. The van der Waals surface area contributed by atoms with Gasteiger partial charge in [-0.25, -0.2) is 4.90 Å². The van der Waals surface area contributed by atoms with Gasteiger partial charge < -0.3 is 10.0 Å². The summed E-state index contributed by atoms with van der Waals surface area (Å²) in [6, 6.07) is 11.6. The van der Waals surface area contributed by atoms with Crippen molar-refractivity contribution in [1.29, 1.82) is 0 Å². The van der Waals surface area contributed by atoms with E-state index in [9.17, 15) is 14.7 Å². The quantitative estimate of drug-likeness (QED) is 0.734. The minimum atomic E-state index is -0.781. The van der Waals surface area contributed by atoms with Crippen molar-refractivity contribution in [2.24, 2.45) is 0 Å². The molecule has 140 valence electrons. The third-order valence-corrected chi connectivity index (χ3v) is 5.04. The highest BCUT2D eigenvalue weighted by molar-refractivity contribution is 6.47. The second-order valence-electron chi connectivity index (χ2n) is 5.98. The van der Waals surface area contributed by atoms with Gasteiger partial charge in [0.05, 0.1) is 16.3 Å². The van der Waals surface area contributed by atoms with Crippen LogP contribution in [0.4, 0.5) is 11.4 Å². The van der Waals surface area contributed by atoms with Crippen LogP contribution in [0.15, 0.2) is 48.2 Å². The zero-order valence-corrected chi connectivity index (χ0v) is 16.4. The molecule has 3 rings (SSSR count). The number of halogens is 2. The lowest BCUT2D eigenvalue weighted by Gasteiger charge is -2.22. The normalized spacial score (nSPS) is 14.3. The Hall–Kier alpha value is -2.50. The molecule has 0 aliphatic carbocycles. The molecule has 0 saturated heterocycles. The summed E-state index contributed by atoms with van der Waals surface area (Å²) in [6.07, 6.45) is 0. The van der Waals surface area contributed by atoms with Crippen LogP contribution in [-0.4, -0.2) is 30.0 Å². The first-order valence-electron chi connectivity index (χ1n) is 8.51. The van der Waals surface area contributed by atoms with Crippen molar-refractivity contribution in [3.8, 4) is 0 Å². The van der Waals surface area contributed by atoms with Crippen molar-refractivity contribution in [2.45, 2.75) is 13.8 Å². The van der Waals surface area contributed by atoms with Crippen LogP contribution in [0.2, 0.25) is 10.0 Å². The van der Waals surface area contributed by atoms with Gasteiger partial charge in [-0.3, -0.25) is 9.59 Å². The maximum Gasteiger partial charge on any atom is 0.301 e. The van der Waals surface area contributed by atoms with E-state index in [1.165, 1.54) is 12.1 Å². The summed E-state index contributed by atoms with van der Waals surface area (Å²) in [5.74, 6) is -2.04. The van der Waals surface area contributed by atoms with Crippen LogP contribution in [0.3, 0.4) is 0 Å². The van der Waals surface area contributed by atoms with Gasteiger partial charge in [0.2, 0.25) is 0 Å². The number of benzene rings is 2. The Morgan fingerprint density at radius 3 is 2.15 bits per heavy atom. The third kappa shape index (κ3) is 3.40. The molecule has 2 aromatic rings. The molecule has 0 unspecified atom stereocenters. The van der Waals surface area contributed by atoms with Crippen molar-refractivity contribution in [2.75, 3.05) is 22.9 Å². The molecule has 0 aromatic heterocycles. The Bertz CT molecular complexity index is 935. The van der Waals surface area contributed by atoms with Crippen molar-refractivity contribution in [3.05, 3.63) is 63.8 Å². The predicted octanol–water partition coefficient (Wildman–Crippen LogP) is 4.68. The summed E-state index contributed by atoms with van der Waals surface area (Å²) in [4.78, 5) is 28.5. The molecule has 0 fully saturated rings. The number of hydrogen-bond donors (Lipinski definition) is 1. The van der Waals surface area contributed by atoms with Crippen LogP contribution in [-0.2, 0) is 9.59 Å². The SMILES string of the molecule is CCN(CC)c1ccc(N2C(=O)C(O)=C(c3ccc(Cl)cc3Cl)C2=O)cc1. The number of rotatable bonds is 5. The molecule has 5 nitrogen and oxygen atoms in total. The van der Waals surface area contributed by atoms with Crippen molar-refractivity contribution < 1.29 is 14.7 Å². The second kappa shape index (κ2) is 7.62. The molecule has 7 heteroatoms. The average Bonchev–Trinajstić information content (AvgIpc) is 2.87. The molecule has 27 heavy (non-hydrogen) atoms. The van der Waals surface area contributed by atoms with Gasteiger partial charge >= 0.3 is 5.91 Å². The highest BCUT2D eigenvalue weighted by Gasteiger charge is 2.41. The fourth-order valence-corrected chi connectivity index (χ4v) is 3.59. The number of nitrogens with zero attached hydrogens (tertiary/aromatic N) is 2. The maximum atomic E-state index is 12.9. The van der Waals surface area contributed by atoms with Crippen LogP contribution >= 0.6 is 23.2 Å². The molecule has 1 N–H and O–H groups in total. The summed E-state index contributed by atoms with van der Waals surface area (Å²) in [7, 11) is 0. The Labute approximate surface area is 167 Å². The molecule has 0 radical (unpaired) electrons. The third-order valence-electron chi connectivity index (χ3n) is 4.50. The van der Waals surface area contributed by atoms with E-state index >= 15 is 0 Å². The zero-order chi connectivity index (χ0) is 19.7. The summed E-state index contributed by atoms with van der Waals surface area (Å²) >= 11 is 12.0. The van der Waals surface area contributed by atoms with Gasteiger partial charge in [-0.05, 0) is 50.2 Å². The number of carbonyl (C=O) groups is 2. The van der Waals surface area contributed by atoms with E-state index in [4.69, 9.17) is 23.2 Å². The van der Waals surface area contributed by atoms with E-state index in [-0.39, 0.29) is 16.2 Å². The zero-order valence-electron chi connectivity index (χ0n) is 14.9. The monoisotopic (exact) mass is 404 g/mol. The first kappa shape index (κ1) is 19.3. The largest absolute Gasteiger partial charge is 0.502 e. The highest BCUT2D eigenvalue weighted by Crippen LogP contribution is 2.36. The number of hydrogen-bond acceptors (Lipinski definition) is 4. The molecule has 2 amide bonds. The Morgan fingerprint density at radius 1 is 0.963 bits per heavy atom. The molecular formula is C20H18Cl2N2O3. The molecular weight excluding hydrogens is 387 g/mol. The molecule has 0 bridgehead atoms. The van der Waals surface area contributed by atoms with Crippen LogP contribution in [0.1, 0.15) is 19.4 Å². The maximum absolute atomic E-state index is 12.9. The molecule has 0 saturated carbocycles. The van der Waals surface area contributed by atoms with Crippen molar-refractivity contribution in [3.63, 3.8) is 0 Å². The van der Waals surface area contributed by atoms with Gasteiger partial charge in [-0.15, -0.1) is 0 Å². The van der Waals surface area contributed by atoms with Gasteiger partial charge in [0.1, 0.15) is 0 Å². The first-order valence-corrected chi connectivity index (χ1v) is 9.27. The molecule has 1 aliphatic rings. The van der Waals surface area contributed by atoms with Crippen LogP contribution in [0.25, 0.3) is 5.57 Å². The number of imide groups is 1. The summed E-state index contributed by atoms with van der Waals surface area (Å²) in [5.41, 5.74) is 1.50. The molecule has 0 atom stereocenters. The van der Waals surface area contributed by atoms with Crippen molar-refractivity contribution in [1.82, 2.24) is 0 Å². The van der Waals surface area contributed by atoms with Gasteiger partial charge in [0, 0.05) is 29.4 Å². The molecule has 2 aromatic carbocycles. The van der Waals surface area contributed by atoms with E-state index < -0.39 is 17.6 Å². The standard InChI is InChI=1S/C20H18Cl2N2O3/c1-3-23(4-2)13-6-8-14(9-7-13)24-19(26)17(18(25)20(24)27)15-10-5-12(21)11-16(15)22/h5-11,25H,3-4H2,1-2H3. The Balaban J connectivity index is 1.96. The Morgan fingerprint density at radius 2 is 1.59 bits per heavy atom. The predicted molar refractivity (Wildman–Crippen MR) is 109 cm³/mol. The lowest BCUT2D eigenvalue weighted by atomic mass is 10.1. The first-order chi connectivity index (χ1) is 12.9. The van der Waals surface area contributed by atoms with Crippen LogP contribution in [0.5, 0.6) is 0 Å². The summed E-state index contributed by atoms with van der Waals surface area (Å²) < 4.78 is 0. The Kier molecular flexibility index (Phi) is 5.44. The van der Waals surface area contributed by atoms with Gasteiger partial charge in [0.15, 0.2) is 5.76 Å². The number of aliphatic hydroxyl groups excluding tert-OH is 1. The van der Waals surface area contributed by atoms with E-state index in [0.717, 1.165) is 23.7 Å². The number of amides is 2. The van der Waals surface area contributed by atoms with Crippen LogP contribution < -0.4 is 9.80 Å². The molecule has 0 spiro atoms. The van der Waals surface area contributed by atoms with Gasteiger partial charge in [-0.1, -0.05) is 29.3 Å². The van der Waals surface area contributed by atoms with E-state index in [0.29, 0.717) is 10.7 Å². The fraction of sp³-hybridized carbons (Fsp3) is 0.200. The minimum absolute atomic E-state index is 0.130. The minimum Gasteiger partial charge on any atom is -0.502 e. The fourth-order valence-electron chi connectivity index (χ4n) is 3.09. The van der Waals surface area contributed by atoms with E-state index in [1.54, 1.807) is 18.2 Å². The number of anilines is 2. The topological polar surface area (TPSA) is 60.9 Å². The van der Waals surface area contributed by atoms with Gasteiger partial charge in [0.25, 0.3) is 5.91 Å². The van der Waals surface area contributed by atoms with E-state index in [2.05, 4.69) is 18.7 Å². The number of carbonyl (C=O) groups excluding carboxylic acids is 2. The summed E-state index contributed by atoms with van der Waals surface area (Å²) in [6.45, 7) is 5.79. The lowest BCUT2D eigenvalue weighted by Crippen LogP contribution is -2.31. The lowest BCUT2D eigenvalue weighted by molar-refractivity contribution is -0.121. The number of aliphatic hydroxyl groups is 1. The van der Waals surface area contributed by atoms with Crippen LogP contribution in [0, 0.1) is 0 Å². The average molecular weight is 405 g/mol. The van der Waals surface area contributed by atoms with E-state index in [1.807, 2.05) is 12.1 Å². The smallest absolute Gasteiger partial charge is 0.301 e. The molecule has 1 aliphatic heterocycles. The van der Waals surface area contributed by atoms with Crippen molar-refractivity contribution >= 4 is 52.0 Å². The highest BCUT2D eigenvalue weighted by atomic mass is 35.5. The second-order valence-corrected chi connectivity index (χ2v) is 6.83. The molecule has 1 heterocycles.